The maximum Gasteiger partial charge on any atom is 0.334 e. The van der Waals surface area contributed by atoms with Gasteiger partial charge >= 0.3 is 10.2 Å². The van der Waals surface area contributed by atoms with Crippen LogP contribution in [-0.2, 0) is 20.4 Å². The van der Waals surface area contributed by atoms with E-state index in [4.69, 9.17) is 0 Å². The number of anilines is 1. The van der Waals surface area contributed by atoms with E-state index >= 15 is 0 Å². The fourth-order valence-corrected chi connectivity index (χ4v) is 3.35. The maximum absolute atomic E-state index is 13.0. The summed E-state index contributed by atoms with van der Waals surface area (Å²) in [6, 6.07) is 4.82. The van der Waals surface area contributed by atoms with Crippen molar-refractivity contribution in [2.45, 2.75) is 31.2 Å². The van der Waals surface area contributed by atoms with Crippen molar-refractivity contribution in [2.75, 3.05) is 4.72 Å². The van der Waals surface area contributed by atoms with E-state index in [2.05, 4.69) is 4.72 Å². The normalized spacial score (nSPS) is 13.3. The van der Waals surface area contributed by atoms with Crippen LogP contribution in [0.15, 0.2) is 29.2 Å². The smallest absolute Gasteiger partial charge is 0.270 e. The molecule has 1 aromatic rings. The maximum atomic E-state index is 13.0. The summed E-state index contributed by atoms with van der Waals surface area (Å²) in [5.74, 6) is 0. The molecule has 0 radical (unpaired) electrons. The Morgan fingerprint density at radius 1 is 1.05 bits per heavy atom. The van der Waals surface area contributed by atoms with E-state index in [0.29, 0.717) is 0 Å². The largest absolute Gasteiger partial charge is 0.334 e. The zero-order valence-electron chi connectivity index (χ0n) is 10.6. The molecule has 0 amide bonds. The number of hydrogen-bond acceptors (Lipinski definition) is 4. The number of halogens is 1. The van der Waals surface area contributed by atoms with Gasteiger partial charge in [0.2, 0.25) is 0 Å². The van der Waals surface area contributed by atoms with Gasteiger partial charge in [0.15, 0.2) is 0 Å². The van der Waals surface area contributed by atoms with Crippen LogP contribution in [0.25, 0.3) is 0 Å². The fraction of sp³-hybridized carbons (Fsp3) is 0.400. The highest BCUT2D eigenvalue weighted by atomic mass is 32.3. The lowest BCUT2D eigenvalue weighted by Gasteiger charge is -2.21. The van der Waals surface area contributed by atoms with Crippen molar-refractivity contribution in [2.24, 2.45) is 0 Å². The fourth-order valence-electron chi connectivity index (χ4n) is 1.34. The molecule has 1 aromatic carbocycles. The molecule has 9 heteroatoms. The number of benzene rings is 1. The summed E-state index contributed by atoms with van der Waals surface area (Å²) in [7, 11) is -9.01. The van der Waals surface area contributed by atoms with E-state index < -0.39 is 30.9 Å². The highest BCUT2D eigenvalue weighted by Crippen LogP contribution is 2.23. The first-order valence-corrected chi connectivity index (χ1v) is 8.13. The molecule has 0 aliphatic rings. The first-order valence-electron chi connectivity index (χ1n) is 5.26. The highest BCUT2D eigenvalue weighted by molar-refractivity contribution is 7.91. The van der Waals surface area contributed by atoms with Crippen molar-refractivity contribution >= 4 is 26.1 Å². The summed E-state index contributed by atoms with van der Waals surface area (Å²) in [5, 5.41) is 0. The molecule has 0 saturated carbocycles. The average Bonchev–Trinajstić information content (AvgIpc) is 2.11. The second-order valence-corrected chi connectivity index (χ2v) is 7.62. The Labute approximate surface area is 112 Å². The molecule has 0 spiro atoms. The van der Waals surface area contributed by atoms with Crippen molar-refractivity contribution in [3.05, 3.63) is 24.3 Å². The van der Waals surface area contributed by atoms with Gasteiger partial charge in [0.25, 0.3) is 10.2 Å². The van der Waals surface area contributed by atoms with Gasteiger partial charge in [-0.3, -0.25) is 4.72 Å². The quantitative estimate of drug-likeness (QED) is 0.822. The molecule has 0 aliphatic heterocycles. The van der Waals surface area contributed by atoms with Gasteiger partial charge in [0.1, 0.15) is 4.90 Å². The SMILES string of the molecule is CC(C)(C)NS(=O)(=O)Nc1ccccc1S(=O)(=O)F. The number of para-hydroxylation sites is 1. The second-order valence-electron chi connectivity index (χ2n) is 4.89. The molecule has 0 heterocycles. The van der Waals surface area contributed by atoms with Crippen LogP contribution in [0, 0.1) is 0 Å². The Bertz CT molecular complexity index is 663. The number of nitrogens with one attached hydrogen (secondary N) is 2. The van der Waals surface area contributed by atoms with Gasteiger partial charge in [0, 0.05) is 5.54 Å². The minimum atomic E-state index is -5.00. The first-order chi connectivity index (χ1) is 8.41. The van der Waals surface area contributed by atoms with Gasteiger partial charge < -0.3 is 0 Å². The molecule has 0 unspecified atom stereocenters. The van der Waals surface area contributed by atoms with Crippen molar-refractivity contribution in [3.8, 4) is 0 Å². The van der Waals surface area contributed by atoms with Gasteiger partial charge in [-0.05, 0) is 32.9 Å². The zero-order valence-corrected chi connectivity index (χ0v) is 12.3. The summed E-state index contributed by atoms with van der Waals surface area (Å²) in [6.07, 6.45) is 0. The van der Waals surface area contributed by atoms with Gasteiger partial charge in [-0.2, -0.15) is 21.6 Å². The van der Waals surface area contributed by atoms with Crippen LogP contribution >= 0.6 is 0 Å². The van der Waals surface area contributed by atoms with E-state index in [-0.39, 0.29) is 5.69 Å². The van der Waals surface area contributed by atoms with Gasteiger partial charge in [-0.25, -0.2) is 0 Å². The van der Waals surface area contributed by atoms with Crippen LogP contribution < -0.4 is 9.44 Å². The predicted octanol–water partition coefficient (Wildman–Crippen LogP) is 1.39. The van der Waals surface area contributed by atoms with Crippen LogP contribution in [0.3, 0.4) is 0 Å². The molecular formula is C10H15FN2O4S2. The highest BCUT2D eigenvalue weighted by Gasteiger charge is 2.23. The Morgan fingerprint density at radius 3 is 2.05 bits per heavy atom. The molecular weight excluding hydrogens is 295 g/mol. The van der Waals surface area contributed by atoms with Crippen LogP contribution in [0.4, 0.5) is 9.57 Å². The minimum Gasteiger partial charge on any atom is -0.270 e. The Kier molecular flexibility index (Phi) is 4.23. The molecule has 0 aliphatic carbocycles. The Balaban J connectivity index is 3.15. The second kappa shape index (κ2) is 5.06. The molecule has 0 aromatic heterocycles. The minimum absolute atomic E-state index is 0.346. The third kappa shape index (κ3) is 5.13. The van der Waals surface area contributed by atoms with E-state index in [9.17, 15) is 20.7 Å². The molecule has 1 rings (SSSR count). The van der Waals surface area contributed by atoms with Crippen molar-refractivity contribution in [1.29, 1.82) is 0 Å². The molecule has 108 valence electrons. The topological polar surface area (TPSA) is 92.3 Å². The lowest BCUT2D eigenvalue weighted by atomic mass is 10.1. The summed E-state index contributed by atoms with van der Waals surface area (Å²) in [4.78, 5) is -0.728. The first kappa shape index (κ1) is 15.9. The summed E-state index contributed by atoms with van der Waals surface area (Å²) < 4.78 is 62.6. The standard InChI is InChI=1S/C10H15FN2O4S2/c1-10(2,3)13-19(16,17)12-8-6-4-5-7-9(8)18(11,14)15/h4-7,12-13H,1-3H3. The average molecular weight is 310 g/mol. The molecule has 19 heavy (non-hydrogen) atoms. The lowest BCUT2D eigenvalue weighted by molar-refractivity contribution is 0.494. The monoisotopic (exact) mass is 310 g/mol. The van der Waals surface area contributed by atoms with E-state index in [1.807, 2.05) is 4.72 Å². The molecule has 0 bridgehead atoms. The molecule has 0 fully saturated rings. The Hall–Kier alpha value is -1.19. The Morgan fingerprint density at radius 2 is 1.58 bits per heavy atom. The van der Waals surface area contributed by atoms with E-state index in [1.54, 1.807) is 20.8 Å². The van der Waals surface area contributed by atoms with Crippen LogP contribution in [-0.4, -0.2) is 22.4 Å². The third-order valence-corrected chi connectivity index (χ3v) is 4.09. The molecule has 6 nitrogen and oxygen atoms in total. The van der Waals surface area contributed by atoms with Gasteiger partial charge in [-0.1, -0.05) is 12.1 Å². The van der Waals surface area contributed by atoms with Crippen molar-refractivity contribution < 1.29 is 20.7 Å². The van der Waals surface area contributed by atoms with Crippen LogP contribution in [0.1, 0.15) is 20.8 Å². The van der Waals surface area contributed by atoms with E-state index in [1.165, 1.54) is 12.1 Å². The van der Waals surface area contributed by atoms with Gasteiger partial charge in [-0.15, -0.1) is 3.89 Å². The molecule has 2 N–H and O–H groups in total. The number of hydrogen-bond donors (Lipinski definition) is 2. The summed E-state index contributed by atoms with van der Waals surface area (Å²) in [6.45, 7) is 4.85. The van der Waals surface area contributed by atoms with Crippen LogP contribution in [0.5, 0.6) is 0 Å². The predicted molar refractivity (Wildman–Crippen MR) is 70.2 cm³/mol. The van der Waals surface area contributed by atoms with E-state index in [0.717, 1.165) is 12.1 Å². The van der Waals surface area contributed by atoms with Gasteiger partial charge in [0.05, 0.1) is 5.69 Å². The molecule has 0 atom stereocenters. The zero-order chi connectivity index (χ0) is 14.9. The summed E-state index contributed by atoms with van der Waals surface area (Å²) in [5.41, 5.74) is -1.10. The van der Waals surface area contributed by atoms with Crippen LogP contribution in [0.2, 0.25) is 0 Å². The van der Waals surface area contributed by atoms with Crippen molar-refractivity contribution in [1.82, 2.24) is 4.72 Å². The number of rotatable bonds is 4. The molecule has 0 saturated heterocycles. The third-order valence-electron chi connectivity index (χ3n) is 1.83. The lowest BCUT2D eigenvalue weighted by Crippen LogP contribution is -2.43. The summed E-state index contributed by atoms with van der Waals surface area (Å²) >= 11 is 0. The van der Waals surface area contributed by atoms with Crippen molar-refractivity contribution in [3.63, 3.8) is 0 Å².